The van der Waals surface area contributed by atoms with Crippen LogP contribution >= 0.6 is 46.6 Å². The smallest absolute Gasteiger partial charge is 0.252 e. The van der Waals surface area contributed by atoms with Gasteiger partial charge in [0.1, 0.15) is 0 Å². The molecule has 0 unspecified atom stereocenters. The maximum absolute atomic E-state index is 12.6. The van der Waals surface area contributed by atoms with Gasteiger partial charge in [0.05, 0.1) is 39.7 Å². The Hall–Kier alpha value is -1.25. The minimum Gasteiger partial charge on any atom is -0.314 e. The van der Waals surface area contributed by atoms with E-state index in [0.29, 0.717) is 31.5 Å². The average Bonchev–Trinajstić information content (AvgIpc) is 3.10. The molecule has 2 aliphatic rings. The van der Waals surface area contributed by atoms with Crippen LogP contribution in [-0.2, 0) is 21.1 Å². The summed E-state index contributed by atoms with van der Waals surface area (Å²) < 4.78 is 24.3. The van der Waals surface area contributed by atoms with Gasteiger partial charge in [-0.25, -0.2) is 8.42 Å². The molecule has 0 aromatic heterocycles. The summed E-state index contributed by atoms with van der Waals surface area (Å²) in [6.45, 7) is 0. The molecule has 2 saturated heterocycles. The van der Waals surface area contributed by atoms with Crippen LogP contribution in [0.3, 0.4) is 0 Å². The van der Waals surface area contributed by atoms with E-state index in [4.69, 9.17) is 34.8 Å². The van der Waals surface area contributed by atoms with Gasteiger partial charge in [0.15, 0.2) is 15.0 Å². The van der Waals surface area contributed by atoms with Crippen molar-refractivity contribution in [2.24, 2.45) is 4.99 Å². The minimum absolute atomic E-state index is 0.0226. The molecule has 0 N–H and O–H groups in total. The zero-order chi connectivity index (χ0) is 20.8. The topological polar surface area (TPSA) is 66.8 Å². The molecule has 0 spiro atoms. The molecular formula is C19H15Cl3N2O3S2. The van der Waals surface area contributed by atoms with Crippen LogP contribution in [0.5, 0.6) is 0 Å². The fourth-order valence-corrected chi connectivity index (χ4v) is 7.99. The second-order valence-electron chi connectivity index (χ2n) is 6.80. The molecule has 0 radical (unpaired) electrons. The van der Waals surface area contributed by atoms with Crippen molar-refractivity contribution in [3.05, 3.63) is 63.1 Å². The molecule has 0 aliphatic carbocycles. The van der Waals surface area contributed by atoms with E-state index in [0.717, 1.165) is 0 Å². The lowest BCUT2D eigenvalue weighted by atomic mass is 10.1. The highest BCUT2D eigenvalue weighted by atomic mass is 35.5. The van der Waals surface area contributed by atoms with Crippen molar-refractivity contribution in [1.82, 2.24) is 0 Å². The Labute approximate surface area is 188 Å². The fraction of sp³-hybridized carbons (Fsp3) is 0.263. The van der Waals surface area contributed by atoms with Gasteiger partial charge in [-0.3, -0.25) is 4.79 Å². The Morgan fingerprint density at radius 1 is 1.07 bits per heavy atom. The van der Waals surface area contributed by atoms with Gasteiger partial charge in [0, 0.05) is 10.3 Å². The number of amides is 1. The molecule has 2 heterocycles. The van der Waals surface area contributed by atoms with E-state index in [-0.39, 0.29) is 35.1 Å². The van der Waals surface area contributed by atoms with Gasteiger partial charge < -0.3 is 4.90 Å². The number of carbonyl (C=O) groups is 1. The number of nitrogens with zero attached hydrogens (tertiary/aromatic N) is 2. The monoisotopic (exact) mass is 488 g/mol. The summed E-state index contributed by atoms with van der Waals surface area (Å²) in [5.74, 6) is -0.355. The predicted molar refractivity (Wildman–Crippen MR) is 120 cm³/mol. The SMILES string of the molecule is O=C(Cc1ccccc1Cl)N=C1S[C@H]2CS(=O)(=O)C[C@@H]2N1c1cccc(Cl)c1Cl. The Bertz CT molecular complexity index is 1120. The summed E-state index contributed by atoms with van der Waals surface area (Å²) >= 11 is 20.0. The van der Waals surface area contributed by atoms with Crippen molar-refractivity contribution >= 4 is 73.2 Å². The molecule has 29 heavy (non-hydrogen) atoms. The number of carbonyl (C=O) groups excluding carboxylic acids is 1. The molecule has 10 heteroatoms. The Kier molecular flexibility index (Phi) is 5.88. The number of thioether (sulfide) groups is 1. The van der Waals surface area contributed by atoms with Crippen molar-refractivity contribution < 1.29 is 13.2 Å². The summed E-state index contributed by atoms with van der Waals surface area (Å²) in [4.78, 5) is 18.7. The van der Waals surface area contributed by atoms with Gasteiger partial charge in [-0.2, -0.15) is 4.99 Å². The normalized spacial score (nSPS) is 24.1. The molecular weight excluding hydrogens is 475 g/mol. The molecule has 2 aromatic carbocycles. The van der Waals surface area contributed by atoms with Gasteiger partial charge in [-0.15, -0.1) is 0 Å². The molecule has 2 aromatic rings. The third-order valence-electron chi connectivity index (χ3n) is 4.78. The summed E-state index contributed by atoms with van der Waals surface area (Å²) in [7, 11) is -3.17. The van der Waals surface area contributed by atoms with Gasteiger partial charge in [-0.1, -0.05) is 70.8 Å². The molecule has 2 atom stereocenters. The zero-order valence-electron chi connectivity index (χ0n) is 14.9. The van der Waals surface area contributed by atoms with E-state index < -0.39 is 9.84 Å². The minimum atomic E-state index is -3.17. The van der Waals surface area contributed by atoms with Crippen molar-refractivity contribution in [2.75, 3.05) is 16.4 Å². The number of sulfone groups is 1. The van der Waals surface area contributed by atoms with E-state index in [1.165, 1.54) is 11.8 Å². The summed E-state index contributed by atoms with van der Waals surface area (Å²) in [6.07, 6.45) is 0.0501. The predicted octanol–water partition coefficient (Wildman–Crippen LogP) is 4.49. The molecule has 152 valence electrons. The van der Waals surface area contributed by atoms with Crippen molar-refractivity contribution in [3.8, 4) is 0 Å². The first-order valence-electron chi connectivity index (χ1n) is 8.70. The third kappa shape index (κ3) is 4.30. The molecule has 2 aliphatic heterocycles. The molecule has 0 bridgehead atoms. The molecule has 1 amide bonds. The molecule has 5 nitrogen and oxygen atoms in total. The number of aliphatic imine (C=N–C) groups is 1. The number of halogens is 3. The maximum atomic E-state index is 12.6. The van der Waals surface area contributed by atoms with Gasteiger partial charge in [-0.05, 0) is 23.8 Å². The summed E-state index contributed by atoms with van der Waals surface area (Å²) in [5.41, 5.74) is 1.22. The zero-order valence-corrected chi connectivity index (χ0v) is 18.8. The number of benzene rings is 2. The number of hydrogen-bond donors (Lipinski definition) is 0. The van der Waals surface area contributed by atoms with Crippen LogP contribution in [0.1, 0.15) is 5.56 Å². The molecule has 4 rings (SSSR count). The van der Waals surface area contributed by atoms with E-state index in [1.54, 1.807) is 47.4 Å². The lowest BCUT2D eigenvalue weighted by Crippen LogP contribution is -2.38. The summed E-state index contributed by atoms with van der Waals surface area (Å²) in [6, 6.07) is 11.9. The van der Waals surface area contributed by atoms with Crippen LogP contribution < -0.4 is 4.90 Å². The van der Waals surface area contributed by atoms with E-state index >= 15 is 0 Å². The average molecular weight is 490 g/mol. The van der Waals surface area contributed by atoms with Gasteiger partial charge >= 0.3 is 0 Å². The van der Waals surface area contributed by atoms with Crippen LogP contribution in [0, 0.1) is 0 Å². The van der Waals surface area contributed by atoms with E-state index in [9.17, 15) is 13.2 Å². The summed E-state index contributed by atoms with van der Waals surface area (Å²) in [5, 5.41) is 1.35. The number of fused-ring (bicyclic) bond motifs is 1. The quantitative estimate of drug-likeness (QED) is 0.635. The van der Waals surface area contributed by atoms with Crippen LogP contribution in [-0.4, -0.2) is 42.3 Å². The Balaban J connectivity index is 1.70. The Morgan fingerprint density at radius 2 is 1.79 bits per heavy atom. The first kappa shape index (κ1) is 21.0. The van der Waals surface area contributed by atoms with Crippen LogP contribution in [0.25, 0.3) is 0 Å². The highest BCUT2D eigenvalue weighted by Gasteiger charge is 2.49. The van der Waals surface area contributed by atoms with Crippen LogP contribution in [0.15, 0.2) is 47.5 Å². The van der Waals surface area contributed by atoms with E-state index in [2.05, 4.69) is 4.99 Å². The second kappa shape index (κ2) is 8.12. The fourth-order valence-electron chi connectivity index (χ4n) is 3.48. The van der Waals surface area contributed by atoms with Gasteiger partial charge in [0.25, 0.3) is 5.91 Å². The number of rotatable bonds is 3. The lowest BCUT2D eigenvalue weighted by molar-refractivity contribution is -0.117. The highest BCUT2D eigenvalue weighted by molar-refractivity contribution is 8.16. The molecule has 0 saturated carbocycles. The number of hydrogen-bond acceptors (Lipinski definition) is 4. The standard InChI is InChI=1S/C19H15Cl3N2O3S2/c20-12-5-2-1-4-11(12)8-17(25)23-19-24(14-7-3-6-13(21)18(14)22)15-9-29(26,27)10-16(15)28-19/h1-7,15-16H,8-10H2/t15-,16-/m0/s1. The number of anilines is 1. The van der Waals surface area contributed by atoms with E-state index in [1.807, 2.05) is 0 Å². The first-order chi connectivity index (χ1) is 13.7. The third-order valence-corrected chi connectivity index (χ3v) is 9.16. The molecule has 2 fully saturated rings. The van der Waals surface area contributed by atoms with Crippen LogP contribution in [0.4, 0.5) is 5.69 Å². The van der Waals surface area contributed by atoms with Gasteiger partial charge in [0.2, 0.25) is 0 Å². The maximum Gasteiger partial charge on any atom is 0.252 e. The van der Waals surface area contributed by atoms with Crippen molar-refractivity contribution in [2.45, 2.75) is 17.7 Å². The first-order valence-corrected chi connectivity index (χ1v) is 12.5. The van der Waals surface area contributed by atoms with Crippen LogP contribution in [0.2, 0.25) is 15.1 Å². The van der Waals surface area contributed by atoms with Crippen molar-refractivity contribution in [1.29, 1.82) is 0 Å². The van der Waals surface area contributed by atoms with Crippen molar-refractivity contribution in [3.63, 3.8) is 0 Å². The lowest BCUT2D eigenvalue weighted by Gasteiger charge is -2.25. The largest absolute Gasteiger partial charge is 0.314 e. The second-order valence-corrected chi connectivity index (χ2v) is 11.4. The number of amidine groups is 1. The highest BCUT2D eigenvalue weighted by Crippen LogP contribution is 2.44. The Morgan fingerprint density at radius 3 is 2.55 bits per heavy atom.